The Kier molecular flexibility index (Phi) is 5.36. The Morgan fingerprint density at radius 3 is 2.31 bits per heavy atom. The van der Waals surface area contributed by atoms with E-state index in [-0.39, 0.29) is 12.4 Å². The van der Waals surface area contributed by atoms with Gasteiger partial charge in [0, 0.05) is 34.4 Å². The fourth-order valence-electron chi connectivity index (χ4n) is 3.38. The van der Waals surface area contributed by atoms with E-state index in [1.165, 1.54) is 27.7 Å². The van der Waals surface area contributed by atoms with Gasteiger partial charge in [-0.15, -0.1) is 12.4 Å². The summed E-state index contributed by atoms with van der Waals surface area (Å²) in [6, 6.07) is 20.6. The minimum Gasteiger partial charge on any atom is -0.338 e. The van der Waals surface area contributed by atoms with Gasteiger partial charge in [0.2, 0.25) is 0 Å². The number of fused-ring (bicyclic) bond motifs is 1. The molecule has 0 atom stereocenters. The van der Waals surface area contributed by atoms with Crippen molar-refractivity contribution >= 4 is 34.9 Å². The van der Waals surface area contributed by atoms with Gasteiger partial charge in [0.25, 0.3) is 0 Å². The Morgan fingerprint density at radius 2 is 1.62 bits per heavy atom. The molecule has 132 valence electrons. The molecular weight excluding hydrogens is 363 g/mol. The summed E-state index contributed by atoms with van der Waals surface area (Å²) in [6.07, 6.45) is 1.89. The maximum absolute atomic E-state index is 6.06. The minimum absolute atomic E-state index is 0. The Hall–Kier alpha value is -2.29. The molecule has 0 aliphatic rings. The minimum atomic E-state index is 0. The summed E-state index contributed by atoms with van der Waals surface area (Å²) in [4.78, 5) is 4.70. The van der Waals surface area contributed by atoms with E-state index in [9.17, 15) is 0 Å². The molecule has 4 heteroatoms. The lowest BCUT2D eigenvalue weighted by Gasteiger charge is -2.12. The van der Waals surface area contributed by atoms with Crippen molar-refractivity contribution in [2.75, 3.05) is 0 Å². The Labute approximate surface area is 164 Å². The third kappa shape index (κ3) is 3.23. The fraction of sp³-hybridized carbons (Fsp3) is 0.136. The zero-order valence-electron chi connectivity index (χ0n) is 14.7. The first-order valence-electron chi connectivity index (χ1n) is 8.39. The van der Waals surface area contributed by atoms with Gasteiger partial charge in [-0.25, -0.2) is 0 Å². The molecule has 2 aromatic heterocycles. The highest BCUT2D eigenvalue weighted by molar-refractivity contribution is 6.30. The summed E-state index contributed by atoms with van der Waals surface area (Å²) in [5.74, 6) is 0. The molecule has 2 nitrogen and oxygen atoms in total. The van der Waals surface area contributed by atoms with Crippen molar-refractivity contribution in [3.05, 3.63) is 88.7 Å². The molecule has 2 aromatic carbocycles. The molecule has 0 unspecified atom stereocenters. The van der Waals surface area contributed by atoms with E-state index < -0.39 is 0 Å². The first-order chi connectivity index (χ1) is 12.1. The quantitative estimate of drug-likeness (QED) is 0.398. The third-order valence-electron chi connectivity index (χ3n) is 4.85. The van der Waals surface area contributed by atoms with Crippen molar-refractivity contribution in [3.8, 4) is 11.3 Å². The maximum Gasteiger partial charge on any atom is 0.0945 e. The molecule has 4 rings (SSSR count). The van der Waals surface area contributed by atoms with Crippen molar-refractivity contribution in [2.24, 2.45) is 0 Å². The zero-order valence-corrected chi connectivity index (χ0v) is 16.3. The van der Waals surface area contributed by atoms with Gasteiger partial charge in [-0.2, -0.15) is 0 Å². The van der Waals surface area contributed by atoms with Crippen LogP contribution in [0.25, 0.3) is 22.2 Å². The standard InChI is InChI=1S/C22H19ClN2.ClH/c1-15-16(2)25(14-17-6-4-3-5-7-17)22-20(15)12-13-24-21(22)18-8-10-19(23)11-9-18;/h3-13H,14H2,1-2H3;1H. The molecule has 4 aromatic rings. The van der Waals surface area contributed by atoms with Crippen LogP contribution in [0.1, 0.15) is 16.8 Å². The van der Waals surface area contributed by atoms with Crippen molar-refractivity contribution < 1.29 is 0 Å². The smallest absolute Gasteiger partial charge is 0.0945 e. The lowest BCUT2D eigenvalue weighted by atomic mass is 10.1. The van der Waals surface area contributed by atoms with Gasteiger partial charge in [-0.1, -0.05) is 54.1 Å². The second-order valence-electron chi connectivity index (χ2n) is 6.34. The van der Waals surface area contributed by atoms with E-state index in [0.717, 1.165) is 22.8 Å². The van der Waals surface area contributed by atoms with E-state index >= 15 is 0 Å². The predicted octanol–water partition coefficient (Wildman–Crippen LogP) is 6.44. The third-order valence-corrected chi connectivity index (χ3v) is 5.10. The van der Waals surface area contributed by atoms with Crippen molar-refractivity contribution in [3.63, 3.8) is 0 Å². The van der Waals surface area contributed by atoms with Gasteiger partial charge in [0.05, 0.1) is 11.2 Å². The van der Waals surface area contributed by atoms with E-state index in [1.54, 1.807) is 0 Å². The van der Waals surface area contributed by atoms with Crippen molar-refractivity contribution in [1.29, 1.82) is 0 Å². The summed E-state index contributed by atoms with van der Waals surface area (Å²) in [6.45, 7) is 5.21. The highest BCUT2D eigenvalue weighted by Crippen LogP contribution is 2.33. The van der Waals surface area contributed by atoms with Crippen LogP contribution in [0.4, 0.5) is 0 Å². The molecule has 0 aliphatic heterocycles. The molecule has 0 radical (unpaired) electrons. The summed E-state index contributed by atoms with van der Waals surface area (Å²) >= 11 is 6.06. The topological polar surface area (TPSA) is 17.8 Å². The molecule has 26 heavy (non-hydrogen) atoms. The highest BCUT2D eigenvalue weighted by Gasteiger charge is 2.16. The molecule has 0 saturated carbocycles. The number of nitrogens with zero attached hydrogens (tertiary/aromatic N) is 2. The van der Waals surface area contributed by atoms with E-state index in [2.05, 4.69) is 54.8 Å². The maximum atomic E-state index is 6.06. The van der Waals surface area contributed by atoms with E-state index in [4.69, 9.17) is 16.6 Å². The first kappa shape index (κ1) is 18.5. The summed E-state index contributed by atoms with van der Waals surface area (Å²) < 4.78 is 2.37. The summed E-state index contributed by atoms with van der Waals surface area (Å²) in [5, 5.41) is 2.00. The largest absolute Gasteiger partial charge is 0.338 e. The molecule has 0 aliphatic carbocycles. The molecule has 0 saturated heterocycles. The monoisotopic (exact) mass is 382 g/mol. The van der Waals surface area contributed by atoms with Crippen LogP contribution < -0.4 is 0 Å². The number of rotatable bonds is 3. The molecule has 0 spiro atoms. The number of aromatic nitrogens is 2. The zero-order chi connectivity index (χ0) is 17.4. The van der Waals surface area contributed by atoms with E-state index in [0.29, 0.717) is 0 Å². The van der Waals surface area contributed by atoms with Gasteiger partial charge in [0.1, 0.15) is 0 Å². The van der Waals surface area contributed by atoms with Crippen LogP contribution >= 0.6 is 24.0 Å². The van der Waals surface area contributed by atoms with Crippen LogP contribution in [0.2, 0.25) is 5.02 Å². The lowest BCUT2D eigenvalue weighted by molar-refractivity contribution is 0.800. The predicted molar refractivity (Wildman–Crippen MR) is 112 cm³/mol. The van der Waals surface area contributed by atoms with Crippen LogP contribution in [0.15, 0.2) is 66.9 Å². The Bertz CT molecular complexity index is 1040. The Balaban J connectivity index is 0.00000196. The Morgan fingerprint density at radius 1 is 0.923 bits per heavy atom. The second kappa shape index (κ2) is 7.53. The number of pyridine rings is 1. The van der Waals surface area contributed by atoms with Gasteiger partial charge >= 0.3 is 0 Å². The van der Waals surface area contributed by atoms with Gasteiger partial charge in [-0.05, 0) is 43.2 Å². The summed E-state index contributed by atoms with van der Waals surface area (Å²) in [7, 11) is 0. The van der Waals surface area contributed by atoms with Gasteiger partial charge < -0.3 is 4.57 Å². The first-order valence-corrected chi connectivity index (χ1v) is 8.77. The molecular formula is C22H20Cl2N2. The van der Waals surface area contributed by atoms with Crippen molar-refractivity contribution in [2.45, 2.75) is 20.4 Å². The average molecular weight is 383 g/mol. The number of benzene rings is 2. The SMILES string of the molecule is Cc1c(C)n(Cc2ccccc2)c2c(-c3ccc(Cl)cc3)nccc12.Cl. The normalized spacial score (nSPS) is 10.7. The van der Waals surface area contributed by atoms with Crippen molar-refractivity contribution in [1.82, 2.24) is 9.55 Å². The van der Waals surface area contributed by atoms with Crippen LogP contribution in [0, 0.1) is 13.8 Å². The number of hydrogen-bond donors (Lipinski definition) is 0. The molecule has 0 fully saturated rings. The number of hydrogen-bond acceptors (Lipinski definition) is 1. The fourth-order valence-corrected chi connectivity index (χ4v) is 3.50. The number of aryl methyl sites for hydroxylation is 1. The molecule has 2 heterocycles. The molecule has 0 amide bonds. The van der Waals surface area contributed by atoms with E-state index in [1.807, 2.05) is 30.5 Å². The highest BCUT2D eigenvalue weighted by atomic mass is 35.5. The lowest BCUT2D eigenvalue weighted by Crippen LogP contribution is -2.03. The van der Waals surface area contributed by atoms with Crippen LogP contribution in [0.3, 0.4) is 0 Å². The number of halogens is 2. The van der Waals surface area contributed by atoms with Crippen LogP contribution in [-0.4, -0.2) is 9.55 Å². The summed E-state index contributed by atoms with van der Waals surface area (Å²) in [5.41, 5.74) is 7.14. The van der Waals surface area contributed by atoms with Crippen LogP contribution in [-0.2, 0) is 6.54 Å². The van der Waals surface area contributed by atoms with Crippen LogP contribution in [0.5, 0.6) is 0 Å². The molecule has 0 N–H and O–H groups in total. The van der Waals surface area contributed by atoms with Gasteiger partial charge in [-0.3, -0.25) is 4.98 Å². The average Bonchev–Trinajstić information content (AvgIpc) is 2.88. The second-order valence-corrected chi connectivity index (χ2v) is 6.78. The molecule has 0 bridgehead atoms. The van der Waals surface area contributed by atoms with Gasteiger partial charge in [0.15, 0.2) is 0 Å².